The standard InChI is InChI=1S/C16H21N3O4/c1-4-14-17-18-15(23-14)10-19(3)9-12-7-5-6-8-13(12)22-11(2)16(20)21/h5-8,11H,4,9-10H2,1-3H3,(H,20,21)/t11-/m1/s1. The Hall–Kier alpha value is -2.41. The molecule has 1 heterocycles. The molecule has 0 aliphatic carbocycles. The topological polar surface area (TPSA) is 88.7 Å². The summed E-state index contributed by atoms with van der Waals surface area (Å²) in [6.45, 7) is 4.55. The van der Waals surface area contributed by atoms with E-state index in [1.165, 1.54) is 6.92 Å². The Morgan fingerprint density at radius 3 is 2.65 bits per heavy atom. The summed E-state index contributed by atoms with van der Waals surface area (Å²) in [5, 5.41) is 16.9. The summed E-state index contributed by atoms with van der Waals surface area (Å²) < 4.78 is 11.0. The van der Waals surface area contributed by atoms with Crippen LogP contribution < -0.4 is 4.74 Å². The lowest BCUT2D eigenvalue weighted by atomic mass is 10.2. The molecule has 0 aliphatic rings. The first-order valence-corrected chi connectivity index (χ1v) is 7.46. The van der Waals surface area contributed by atoms with Crippen molar-refractivity contribution in [3.63, 3.8) is 0 Å². The normalized spacial score (nSPS) is 12.3. The third kappa shape index (κ3) is 4.79. The Balaban J connectivity index is 2.02. The van der Waals surface area contributed by atoms with Gasteiger partial charge >= 0.3 is 5.97 Å². The number of benzene rings is 1. The van der Waals surface area contributed by atoms with Crippen molar-refractivity contribution in [3.8, 4) is 5.75 Å². The van der Waals surface area contributed by atoms with Crippen molar-refractivity contribution in [3.05, 3.63) is 41.6 Å². The summed E-state index contributed by atoms with van der Waals surface area (Å²) in [7, 11) is 1.92. The lowest BCUT2D eigenvalue weighted by Crippen LogP contribution is -2.24. The Morgan fingerprint density at radius 1 is 1.30 bits per heavy atom. The van der Waals surface area contributed by atoms with E-state index in [0.717, 1.165) is 5.56 Å². The molecule has 124 valence electrons. The third-order valence-electron chi connectivity index (χ3n) is 3.28. The molecule has 2 aromatic rings. The Bertz CT molecular complexity index is 656. The number of nitrogens with zero attached hydrogens (tertiary/aromatic N) is 3. The van der Waals surface area contributed by atoms with E-state index >= 15 is 0 Å². The lowest BCUT2D eigenvalue weighted by molar-refractivity contribution is -0.144. The van der Waals surface area contributed by atoms with Crippen molar-refractivity contribution in [2.75, 3.05) is 7.05 Å². The lowest BCUT2D eigenvalue weighted by Gasteiger charge is -2.18. The maximum Gasteiger partial charge on any atom is 0.344 e. The van der Waals surface area contributed by atoms with Crippen LogP contribution in [-0.4, -0.2) is 39.3 Å². The first kappa shape index (κ1) is 17.0. The fraction of sp³-hybridized carbons (Fsp3) is 0.438. The largest absolute Gasteiger partial charge is 0.479 e. The van der Waals surface area contributed by atoms with Gasteiger partial charge in [0.2, 0.25) is 11.8 Å². The average Bonchev–Trinajstić information content (AvgIpc) is 2.96. The number of hydrogen-bond acceptors (Lipinski definition) is 6. The zero-order valence-corrected chi connectivity index (χ0v) is 13.5. The van der Waals surface area contributed by atoms with Gasteiger partial charge in [0.15, 0.2) is 6.10 Å². The van der Waals surface area contributed by atoms with Gasteiger partial charge in [0.1, 0.15) is 5.75 Å². The second-order valence-electron chi connectivity index (χ2n) is 5.32. The number of para-hydroxylation sites is 1. The molecule has 0 unspecified atom stereocenters. The number of ether oxygens (including phenoxy) is 1. The molecule has 1 aromatic heterocycles. The SMILES string of the molecule is CCc1nnc(CN(C)Cc2ccccc2O[C@H](C)C(=O)O)o1. The van der Waals surface area contributed by atoms with E-state index < -0.39 is 12.1 Å². The minimum Gasteiger partial charge on any atom is -0.479 e. The van der Waals surface area contributed by atoms with E-state index in [1.54, 1.807) is 6.07 Å². The molecular weight excluding hydrogens is 298 g/mol. The number of hydrogen-bond donors (Lipinski definition) is 1. The maximum atomic E-state index is 10.9. The number of aromatic nitrogens is 2. The first-order valence-electron chi connectivity index (χ1n) is 7.46. The van der Waals surface area contributed by atoms with E-state index in [-0.39, 0.29) is 0 Å². The van der Waals surface area contributed by atoms with Crippen molar-refractivity contribution >= 4 is 5.97 Å². The van der Waals surface area contributed by atoms with Crippen LogP contribution in [0.1, 0.15) is 31.2 Å². The predicted molar refractivity (Wildman–Crippen MR) is 83.0 cm³/mol. The highest BCUT2D eigenvalue weighted by atomic mass is 16.5. The van der Waals surface area contributed by atoms with Crippen LogP contribution in [0.4, 0.5) is 0 Å². The molecule has 0 fully saturated rings. The van der Waals surface area contributed by atoms with Crippen LogP contribution in [0.2, 0.25) is 0 Å². The van der Waals surface area contributed by atoms with Gasteiger partial charge in [-0.05, 0) is 20.0 Å². The van der Waals surface area contributed by atoms with E-state index in [2.05, 4.69) is 10.2 Å². The van der Waals surface area contributed by atoms with Crippen molar-refractivity contribution in [1.82, 2.24) is 15.1 Å². The highest BCUT2D eigenvalue weighted by Gasteiger charge is 2.16. The molecule has 0 radical (unpaired) electrons. The predicted octanol–water partition coefficient (Wildman–Crippen LogP) is 2.12. The van der Waals surface area contributed by atoms with Gasteiger partial charge in [-0.1, -0.05) is 25.1 Å². The smallest absolute Gasteiger partial charge is 0.344 e. The second kappa shape index (κ2) is 7.73. The zero-order valence-electron chi connectivity index (χ0n) is 13.5. The van der Waals surface area contributed by atoms with E-state index in [0.29, 0.717) is 37.0 Å². The summed E-state index contributed by atoms with van der Waals surface area (Å²) in [4.78, 5) is 12.9. The average molecular weight is 319 g/mol. The highest BCUT2D eigenvalue weighted by Crippen LogP contribution is 2.21. The highest BCUT2D eigenvalue weighted by molar-refractivity contribution is 5.72. The molecule has 1 N–H and O–H groups in total. The van der Waals surface area contributed by atoms with Gasteiger partial charge < -0.3 is 14.3 Å². The van der Waals surface area contributed by atoms with Crippen LogP contribution in [0.5, 0.6) is 5.75 Å². The van der Waals surface area contributed by atoms with Crippen molar-refractivity contribution in [2.45, 2.75) is 39.5 Å². The molecular formula is C16H21N3O4. The number of aliphatic carboxylic acids is 1. The molecule has 0 bridgehead atoms. The summed E-state index contributed by atoms with van der Waals surface area (Å²) in [5.74, 6) is 0.745. The number of carbonyl (C=O) groups is 1. The quantitative estimate of drug-likeness (QED) is 0.797. The fourth-order valence-corrected chi connectivity index (χ4v) is 2.06. The minimum absolute atomic E-state index is 0.510. The Kier molecular flexibility index (Phi) is 5.70. The van der Waals surface area contributed by atoms with Crippen LogP contribution in [0, 0.1) is 0 Å². The van der Waals surface area contributed by atoms with E-state index in [9.17, 15) is 4.79 Å². The number of carboxylic acid groups (broad SMARTS) is 1. The molecule has 0 saturated carbocycles. The van der Waals surface area contributed by atoms with Crippen LogP contribution >= 0.6 is 0 Å². The number of carboxylic acids is 1. The summed E-state index contributed by atoms with van der Waals surface area (Å²) in [6, 6.07) is 7.39. The van der Waals surface area contributed by atoms with Gasteiger partial charge in [0.25, 0.3) is 0 Å². The zero-order chi connectivity index (χ0) is 16.8. The van der Waals surface area contributed by atoms with Crippen molar-refractivity contribution in [2.24, 2.45) is 0 Å². The summed E-state index contributed by atoms with van der Waals surface area (Å²) >= 11 is 0. The molecule has 23 heavy (non-hydrogen) atoms. The van der Waals surface area contributed by atoms with Gasteiger partial charge in [0, 0.05) is 18.5 Å². The van der Waals surface area contributed by atoms with Crippen LogP contribution in [-0.2, 0) is 24.3 Å². The molecule has 0 saturated heterocycles. The fourth-order valence-electron chi connectivity index (χ4n) is 2.06. The van der Waals surface area contributed by atoms with E-state index in [1.807, 2.05) is 37.1 Å². The maximum absolute atomic E-state index is 10.9. The molecule has 0 amide bonds. The minimum atomic E-state index is -0.994. The van der Waals surface area contributed by atoms with Gasteiger partial charge in [-0.2, -0.15) is 0 Å². The van der Waals surface area contributed by atoms with Gasteiger partial charge in [-0.15, -0.1) is 10.2 Å². The number of aryl methyl sites for hydroxylation is 1. The van der Waals surface area contributed by atoms with Crippen LogP contribution in [0.3, 0.4) is 0 Å². The van der Waals surface area contributed by atoms with Crippen molar-refractivity contribution < 1.29 is 19.1 Å². The first-order chi connectivity index (χ1) is 11.0. The molecule has 2 rings (SSSR count). The third-order valence-corrected chi connectivity index (χ3v) is 3.28. The molecule has 1 atom stereocenters. The van der Waals surface area contributed by atoms with Crippen molar-refractivity contribution in [1.29, 1.82) is 0 Å². The molecule has 0 aliphatic heterocycles. The molecule has 7 heteroatoms. The Morgan fingerprint density at radius 2 is 2.00 bits per heavy atom. The number of rotatable bonds is 8. The molecule has 0 spiro atoms. The summed E-state index contributed by atoms with van der Waals surface area (Å²) in [6.07, 6.45) is -0.190. The molecule has 7 nitrogen and oxygen atoms in total. The van der Waals surface area contributed by atoms with Gasteiger partial charge in [-0.25, -0.2) is 4.79 Å². The van der Waals surface area contributed by atoms with Crippen LogP contribution in [0.25, 0.3) is 0 Å². The van der Waals surface area contributed by atoms with Gasteiger partial charge in [0.05, 0.1) is 6.54 Å². The second-order valence-corrected chi connectivity index (χ2v) is 5.32. The molecule has 1 aromatic carbocycles. The van der Waals surface area contributed by atoms with E-state index in [4.69, 9.17) is 14.3 Å². The summed E-state index contributed by atoms with van der Waals surface area (Å²) in [5.41, 5.74) is 0.901. The van der Waals surface area contributed by atoms with Crippen LogP contribution in [0.15, 0.2) is 28.7 Å². The Labute approximate surface area is 134 Å². The van der Waals surface area contributed by atoms with Gasteiger partial charge in [-0.3, -0.25) is 4.90 Å². The monoisotopic (exact) mass is 319 g/mol.